The summed E-state index contributed by atoms with van der Waals surface area (Å²) in [5, 5.41) is 0. The summed E-state index contributed by atoms with van der Waals surface area (Å²) >= 11 is 0. The van der Waals surface area contributed by atoms with E-state index in [-0.39, 0.29) is 11.4 Å². The highest BCUT2D eigenvalue weighted by molar-refractivity contribution is 6.06. The first-order valence-corrected chi connectivity index (χ1v) is 12.5. The molecule has 5 aliphatic rings. The van der Waals surface area contributed by atoms with Crippen LogP contribution in [0, 0.1) is 51.2 Å². The van der Waals surface area contributed by atoms with Crippen LogP contribution in [0.15, 0.2) is 11.6 Å². The first-order valence-electron chi connectivity index (χ1n) is 12.5. The fourth-order valence-corrected chi connectivity index (χ4v) is 9.67. The molecule has 5 rings (SSSR count). The summed E-state index contributed by atoms with van der Waals surface area (Å²) in [6.45, 7) is 13.9. The maximum atomic E-state index is 13.8. The zero-order valence-corrected chi connectivity index (χ0v) is 19.8. The Morgan fingerprint density at radius 3 is 2.57 bits per heavy atom. The molecule has 0 aliphatic heterocycles. The molecule has 1 spiro atoms. The first-order chi connectivity index (χ1) is 14.1. The molecule has 5 aliphatic carbocycles. The van der Waals surface area contributed by atoms with Crippen molar-refractivity contribution in [3.05, 3.63) is 11.6 Å². The van der Waals surface area contributed by atoms with Gasteiger partial charge in [-0.2, -0.15) is 0 Å². The highest BCUT2D eigenvalue weighted by Gasteiger charge is 2.97. The fraction of sp³-hybridized carbons (Fsp3) is 0.852. The molecule has 0 aromatic heterocycles. The predicted octanol–water partition coefficient (Wildman–Crippen LogP) is 5.97. The van der Waals surface area contributed by atoms with Crippen LogP contribution in [-0.2, 0) is 14.3 Å². The van der Waals surface area contributed by atoms with Gasteiger partial charge in [0, 0.05) is 11.8 Å². The summed E-state index contributed by atoms with van der Waals surface area (Å²) < 4.78 is 5.79. The zero-order chi connectivity index (χ0) is 21.7. The molecule has 3 heteroatoms. The Kier molecular flexibility index (Phi) is 4.31. The molecule has 2 unspecified atom stereocenters. The van der Waals surface area contributed by atoms with Gasteiger partial charge < -0.3 is 4.74 Å². The zero-order valence-electron chi connectivity index (χ0n) is 19.8. The van der Waals surface area contributed by atoms with Crippen molar-refractivity contribution < 1.29 is 14.3 Å². The van der Waals surface area contributed by atoms with Crippen LogP contribution in [-0.4, -0.2) is 18.4 Å². The second-order valence-electron chi connectivity index (χ2n) is 12.2. The number of rotatable bonds is 4. The van der Waals surface area contributed by atoms with Crippen molar-refractivity contribution in [2.75, 3.05) is 6.61 Å². The second-order valence-corrected chi connectivity index (χ2v) is 12.2. The quantitative estimate of drug-likeness (QED) is 0.422. The molecule has 30 heavy (non-hydrogen) atoms. The maximum absolute atomic E-state index is 13.8. The Balaban J connectivity index is 1.62. The molecule has 0 heterocycles. The monoisotopic (exact) mass is 412 g/mol. The molecule has 0 saturated heterocycles. The maximum Gasteiger partial charge on any atom is 0.317 e. The molecule has 4 saturated carbocycles. The summed E-state index contributed by atoms with van der Waals surface area (Å²) in [6.07, 6.45) is 9.85. The highest BCUT2D eigenvalue weighted by atomic mass is 16.5. The average Bonchev–Trinajstić information content (AvgIpc) is 2.99. The molecule has 0 aromatic carbocycles. The van der Waals surface area contributed by atoms with Crippen molar-refractivity contribution in [1.82, 2.24) is 0 Å². The number of ketones is 1. The van der Waals surface area contributed by atoms with Gasteiger partial charge in [-0.3, -0.25) is 9.59 Å². The summed E-state index contributed by atoms with van der Waals surface area (Å²) in [4.78, 5) is 27.3. The number of carbonyl (C=O) groups is 2. The van der Waals surface area contributed by atoms with Gasteiger partial charge in [0.25, 0.3) is 0 Å². The van der Waals surface area contributed by atoms with Gasteiger partial charge in [0.05, 0.1) is 12.0 Å². The fourth-order valence-electron chi connectivity index (χ4n) is 9.67. The van der Waals surface area contributed by atoms with Crippen molar-refractivity contribution in [2.24, 2.45) is 51.2 Å². The van der Waals surface area contributed by atoms with Crippen LogP contribution in [0.2, 0.25) is 0 Å². The lowest BCUT2D eigenvalue weighted by molar-refractivity contribution is -0.153. The largest absolute Gasteiger partial charge is 0.465 e. The first kappa shape index (κ1) is 20.8. The standard InChI is InChI=1S/C27H40O3/c1-7-30-23(29)27(25(6)22(28)15-20-17(4)8-13-26(20,25)27)18-9-11-24(5)12-10-19(16(2)3)21(24)14-18/h9,16-17,19-21H,7-8,10-15H2,1-6H3/t17-,19+,20+,21+,24+,25-,26?,27?/m1/s1. The third-order valence-electron chi connectivity index (χ3n) is 11.2. The van der Waals surface area contributed by atoms with Gasteiger partial charge in [-0.15, -0.1) is 0 Å². The molecular formula is C27H40O3. The van der Waals surface area contributed by atoms with E-state index < -0.39 is 10.8 Å². The normalized spacial score (nSPS) is 51.4. The molecule has 0 N–H and O–H groups in total. The van der Waals surface area contributed by atoms with Crippen LogP contribution < -0.4 is 0 Å². The Labute approximate surface area is 182 Å². The summed E-state index contributed by atoms with van der Waals surface area (Å²) in [7, 11) is 0. The van der Waals surface area contributed by atoms with Crippen molar-refractivity contribution in [3.63, 3.8) is 0 Å². The van der Waals surface area contributed by atoms with Crippen molar-refractivity contribution >= 4 is 11.8 Å². The summed E-state index contributed by atoms with van der Waals surface area (Å²) in [5.41, 5.74) is 0.210. The third kappa shape index (κ3) is 2.00. The number of Topliss-reactive ketones (excluding diaryl/α,β-unsaturated/α-hetero) is 1. The third-order valence-corrected chi connectivity index (χ3v) is 11.2. The Hall–Kier alpha value is -1.12. The van der Waals surface area contributed by atoms with Gasteiger partial charge >= 0.3 is 5.97 Å². The summed E-state index contributed by atoms with van der Waals surface area (Å²) in [6, 6.07) is 0. The molecule has 0 aromatic rings. The van der Waals surface area contributed by atoms with E-state index in [0.29, 0.717) is 47.9 Å². The number of fused-ring (bicyclic) bond motifs is 1. The van der Waals surface area contributed by atoms with E-state index in [4.69, 9.17) is 4.74 Å². The van der Waals surface area contributed by atoms with E-state index in [1.807, 2.05) is 6.92 Å². The minimum absolute atomic E-state index is 0.0893. The Bertz CT molecular complexity index is 826. The number of allylic oxidation sites excluding steroid dienone is 1. The van der Waals surface area contributed by atoms with Gasteiger partial charge in [0.2, 0.25) is 0 Å². The van der Waals surface area contributed by atoms with E-state index in [1.165, 1.54) is 18.4 Å². The van der Waals surface area contributed by atoms with E-state index in [9.17, 15) is 9.59 Å². The van der Waals surface area contributed by atoms with Crippen molar-refractivity contribution in [3.8, 4) is 0 Å². The van der Waals surface area contributed by atoms with Crippen LogP contribution in [0.25, 0.3) is 0 Å². The van der Waals surface area contributed by atoms with Gasteiger partial charge in [-0.1, -0.05) is 46.3 Å². The predicted molar refractivity (Wildman–Crippen MR) is 118 cm³/mol. The molecule has 3 nitrogen and oxygen atoms in total. The summed E-state index contributed by atoms with van der Waals surface area (Å²) in [5.74, 6) is 3.12. The lowest BCUT2D eigenvalue weighted by Gasteiger charge is -2.42. The number of esters is 1. The minimum Gasteiger partial charge on any atom is -0.465 e. The van der Waals surface area contributed by atoms with Crippen LogP contribution in [0.3, 0.4) is 0 Å². The topological polar surface area (TPSA) is 43.4 Å². The number of carbonyl (C=O) groups excluding carboxylic acids is 2. The van der Waals surface area contributed by atoms with Crippen molar-refractivity contribution in [2.45, 2.75) is 86.5 Å². The molecule has 166 valence electrons. The average molecular weight is 413 g/mol. The van der Waals surface area contributed by atoms with E-state index >= 15 is 0 Å². The van der Waals surface area contributed by atoms with Gasteiger partial charge in [0.1, 0.15) is 11.2 Å². The van der Waals surface area contributed by atoms with Crippen LogP contribution >= 0.6 is 0 Å². The van der Waals surface area contributed by atoms with Gasteiger partial charge in [-0.05, 0) is 80.5 Å². The number of hydrogen-bond acceptors (Lipinski definition) is 3. The van der Waals surface area contributed by atoms with Crippen LogP contribution in [0.1, 0.15) is 86.5 Å². The van der Waals surface area contributed by atoms with E-state index in [2.05, 4.69) is 40.7 Å². The molecule has 0 bridgehead atoms. The Morgan fingerprint density at radius 1 is 1.17 bits per heavy atom. The molecular weight excluding hydrogens is 372 g/mol. The van der Waals surface area contributed by atoms with E-state index in [1.54, 1.807) is 0 Å². The minimum atomic E-state index is -0.688. The van der Waals surface area contributed by atoms with Gasteiger partial charge in [-0.25, -0.2) is 0 Å². The lowest BCUT2D eigenvalue weighted by atomic mass is 9.62. The highest BCUT2D eigenvalue weighted by Crippen LogP contribution is 2.93. The van der Waals surface area contributed by atoms with Crippen LogP contribution in [0.5, 0.6) is 0 Å². The second kappa shape index (κ2) is 6.23. The number of ether oxygens (including phenoxy) is 1. The van der Waals surface area contributed by atoms with Crippen LogP contribution in [0.4, 0.5) is 0 Å². The van der Waals surface area contributed by atoms with E-state index in [0.717, 1.165) is 31.6 Å². The molecule has 8 atom stereocenters. The smallest absolute Gasteiger partial charge is 0.317 e. The molecule has 0 radical (unpaired) electrons. The molecule has 0 amide bonds. The lowest BCUT2D eigenvalue weighted by Crippen LogP contribution is -2.40. The van der Waals surface area contributed by atoms with Gasteiger partial charge in [0.15, 0.2) is 0 Å². The van der Waals surface area contributed by atoms with Crippen molar-refractivity contribution in [1.29, 1.82) is 0 Å². The number of hydrogen-bond donors (Lipinski definition) is 0. The SMILES string of the molecule is CCOC(=O)C1(C2=CC[C@@]3(C)CC[C@@H](C(C)C)[C@@H]3C2)C23CC[C@@H](C)[C@@H]2CC(=O)[C@@]13C. The Morgan fingerprint density at radius 2 is 1.90 bits per heavy atom. The molecule has 4 fully saturated rings.